The lowest BCUT2D eigenvalue weighted by Gasteiger charge is -2.20. The molecule has 20 heavy (non-hydrogen) atoms. The third-order valence-electron chi connectivity index (χ3n) is 2.93. The highest BCUT2D eigenvalue weighted by molar-refractivity contribution is 5.95. The Morgan fingerprint density at radius 2 is 2.00 bits per heavy atom. The molecule has 0 bridgehead atoms. The van der Waals surface area contributed by atoms with Crippen molar-refractivity contribution < 1.29 is 18.0 Å². The van der Waals surface area contributed by atoms with Crippen molar-refractivity contribution in [2.24, 2.45) is 0 Å². The van der Waals surface area contributed by atoms with Gasteiger partial charge in [-0.25, -0.2) is 0 Å². The largest absolute Gasteiger partial charge is 0.416 e. The molecule has 0 aliphatic heterocycles. The fraction of sp³-hybridized carbons (Fsp3) is 0.462. The van der Waals surface area contributed by atoms with Crippen molar-refractivity contribution in [1.82, 2.24) is 4.90 Å². The van der Waals surface area contributed by atoms with Crippen molar-refractivity contribution in [3.63, 3.8) is 0 Å². The average Bonchev–Trinajstić information content (AvgIpc) is 2.30. The fourth-order valence-corrected chi connectivity index (χ4v) is 1.45. The van der Waals surface area contributed by atoms with Gasteiger partial charge in [0.1, 0.15) is 0 Å². The number of nitrogens with zero attached hydrogens (tertiary/aromatic N) is 1. The first-order chi connectivity index (χ1) is 9.11. The van der Waals surface area contributed by atoms with Gasteiger partial charge in [0.2, 0.25) is 5.91 Å². The van der Waals surface area contributed by atoms with Crippen molar-refractivity contribution in [1.29, 1.82) is 0 Å². The minimum Gasteiger partial charge on any atom is -0.397 e. The number of nitrogens with one attached hydrogen (secondary N) is 1. The number of hydrogen-bond acceptors (Lipinski definition) is 3. The summed E-state index contributed by atoms with van der Waals surface area (Å²) in [4.78, 5) is 13.5. The minimum atomic E-state index is -4.45. The minimum absolute atomic E-state index is 0.111. The summed E-state index contributed by atoms with van der Waals surface area (Å²) in [6, 6.07) is 3.04. The number of hydrogen-bond donors (Lipinski definition) is 2. The van der Waals surface area contributed by atoms with Crippen LogP contribution >= 0.6 is 0 Å². The second-order valence-corrected chi connectivity index (χ2v) is 4.86. The van der Waals surface area contributed by atoms with E-state index < -0.39 is 11.7 Å². The summed E-state index contributed by atoms with van der Waals surface area (Å²) in [5, 5.41) is 2.50. The van der Waals surface area contributed by atoms with E-state index >= 15 is 0 Å². The summed E-state index contributed by atoms with van der Waals surface area (Å²) >= 11 is 0. The van der Waals surface area contributed by atoms with E-state index in [-0.39, 0.29) is 29.9 Å². The number of likely N-dealkylation sites (N-methyl/N-ethyl adjacent to an activating group) is 1. The fourth-order valence-electron chi connectivity index (χ4n) is 1.45. The van der Waals surface area contributed by atoms with Gasteiger partial charge in [-0.1, -0.05) is 0 Å². The number of carbonyl (C=O) groups is 1. The second kappa shape index (κ2) is 6.13. The number of anilines is 2. The van der Waals surface area contributed by atoms with E-state index in [0.717, 1.165) is 18.2 Å². The molecule has 3 N–H and O–H groups in total. The first-order valence-corrected chi connectivity index (χ1v) is 6.08. The first kappa shape index (κ1) is 16.3. The Bertz CT molecular complexity index is 486. The molecule has 0 heterocycles. The summed E-state index contributed by atoms with van der Waals surface area (Å²) in [6.07, 6.45) is -4.45. The molecule has 0 radical (unpaired) electrons. The molecule has 0 saturated heterocycles. The van der Waals surface area contributed by atoms with Crippen LogP contribution in [0.5, 0.6) is 0 Å². The summed E-state index contributed by atoms with van der Waals surface area (Å²) in [5.74, 6) is -0.326. The van der Waals surface area contributed by atoms with Gasteiger partial charge in [0.05, 0.1) is 23.5 Å². The predicted octanol–water partition coefficient (Wildman–Crippen LogP) is 2.57. The highest BCUT2D eigenvalue weighted by atomic mass is 19.4. The van der Waals surface area contributed by atoms with Gasteiger partial charge in [0, 0.05) is 6.04 Å². The molecule has 1 aromatic carbocycles. The Balaban J connectivity index is 2.77. The van der Waals surface area contributed by atoms with Gasteiger partial charge in [-0.2, -0.15) is 13.2 Å². The number of amides is 1. The van der Waals surface area contributed by atoms with Crippen LogP contribution in [0.3, 0.4) is 0 Å². The zero-order valence-corrected chi connectivity index (χ0v) is 11.6. The van der Waals surface area contributed by atoms with Crippen LogP contribution < -0.4 is 11.1 Å². The van der Waals surface area contributed by atoms with Gasteiger partial charge < -0.3 is 11.1 Å². The second-order valence-electron chi connectivity index (χ2n) is 4.86. The van der Waals surface area contributed by atoms with Crippen molar-refractivity contribution in [3.05, 3.63) is 23.8 Å². The van der Waals surface area contributed by atoms with E-state index in [9.17, 15) is 18.0 Å². The molecule has 1 aromatic rings. The molecule has 0 aliphatic rings. The number of nitrogens with two attached hydrogens (primary N) is 1. The highest BCUT2D eigenvalue weighted by Gasteiger charge is 2.30. The molecule has 0 atom stereocenters. The number of alkyl halides is 3. The number of rotatable bonds is 4. The number of carbonyl (C=O) groups excluding carboxylic acids is 1. The molecule has 112 valence electrons. The van der Waals surface area contributed by atoms with Crippen LogP contribution in [-0.2, 0) is 11.0 Å². The molecular weight excluding hydrogens is 271 g/mol. The maximum Gasteiger partial charge on any atom is 0.416 e. The Labute approximate surface area is 115 Å². The first-order valence-electron chi connectivity index (χ1n) is 6.08. The average molecular weight is 289 g/mol. The molecule has 4 nitrogen and oxygen atoms in total. The van der Waals surface area contributed by atoms with Crippen LogP contribution in [0.1, 0.15) is 19.4 Å². The maximum atomic E-state index is 12.5. The van der Waals surface area contributed by atoms with E-state index in [0.29, 0.717) is 0 Å². The van der Waals surface area contributed by atoms with Crippen LogP contribution in [0.25, 0.3) is 0 Å². The standard InChI is InChI=1S/C13H18F3N3O/c1-8(2)19(3)7-12(20)18-11-5-4-9(6-10(11)17)13(14,15)16/h4-6,8H,7,17H2,1-3H3,(H,18,20). The van der Waals surface area contributed by atoms with Gasteiger partial charge in [-0.05, 0) is 39.1 Å². The van der Waals surface area contributed by atoms with E-state index in [1.54, 1.807) is 11.9 Å². The lowest BCUT2D eigenvalue weighted by atomic mass is 10.1. The number of halogens is 3. The molecule has 0 aliphatic carbocycles. The molecule has 7 heteroatoms. The summed E-state index contributed by atoms with van der Waals surface area (Å²) in [7, 11) is 1.78. The molecule has 1 amide bonds. The van der Waals surface area contributed by atoms with Crippen molar-refractivity contribution in [2.75, 3.05) is 24.6 Å². The van der Waals surface area contributed by atoms with E-state index in [1.165, 1.54) is 0 Å². The lowest BCUT2D eigenvalue weighted by Crippen LogP contribution is -2.34. The summed E-state index contributed by atoms with van der Waals surface area (Å²) < 4.78 is 37.4. The van der Waals surface area contributed by atoms with Gasteiger partial charge in [0.25, 0.3) is 0 Å². The van der Waals surface area contributed by atoms with Crippen LogP contribution in [0.15, 0.2) is 18.2 Å². The van der Waals surface area contributed by atoms with Gasteiger partial charge in [-0.15, -0.1) is 0 Å². The maximum absolute atomic E-state index is 12.5. The third-order valence-corrected chi connectivity index (χ3v) is 2.93. The van der Waals surface area contributed by atoms with E-state index in [1.807, 2.05) is 13.8 Å². The normalized spacial score (nSPS) is 12.0. The molecule has 0 aromatic heterocycles. The molecule has 0 spiro atoms. The van der Waals surface area contributed by atoms with Crippen LogP contribution in [0.4, 0.5) is 24.5 Å². The molecular formula is C13H18F3N3O. The predicted molar refractivity (Wildman–Crippen MR) is 72.3 cm³/mol. The van der Waals surface area contributed by atoms with Crippen LogP contribution in [-0.4, -0.2) is 30.4 Å². The number of nitrogen functional groups attached to an aromatic ring is 1. The Morgan fingerprint density at radius 3 is 2.45 bits per heavy atom. The molecule has 0 fully saturated rings. The van der Waals surface area contributed by atoms with E-state index in [4.69, 9.17) is 5.73 Å². The Morgan fingerprint density at radius 1 is 1.40 bits per heavy atom. The third kappa shape index (κ3) is 4.41. The van der Waals surface area contributed by atoms with Crippen LogP contribution in [0, 0.1) is 0 Å². The van der Waals surface area contributed by atoms with Gasteiger partial charge in [-0.3, -0.25) is 9.69 Å². The monoisotopic (exact) mass is 289 g/mol. The molecule has 0 saturated carbocycles. The van der Waals surface area contributed by atoms with Crippen molar-refractivity contribution >= 4 is 17.3 Å². The zero-order valence-electron chi connectivity index (χ0n) is 11.6. The Hall–Kier alpha value is -1.76. The van der Waals surface area contributed by atoms with E-state index in [2.05, 4.69) is 5.32 Å². The van der Waals surface area contributed by atoms with Gasteiger partial charge >= 0.3 is 6.18 Å². The zero-order chi connectivity index (χ0) is 15.5. The summed E-state index contributed by atoms with van der Waals surface area (Å²) in [6.45, 7) is 4.00. The topological polar surface area (TPSA) is 58.4 Å². The van der Waals surface area contributed by atoms with Crippen LogP contribution in [0.2, 0.25) is 0 Å². The van der Waals surface area contributed by atoms with Crippen molar-refractivity contribution in [3.8, 4) is 0 Å². The Kier molecular flexibility index (Phi) is 4.99. The highest BCUT2D eigenvalue weighted by Crippen LogP contribution is 2.32. The quantitative estimate of drug-likeness (QED) is 0.838. The lowest BCUT2D eigenvalue weighted by molar-refractivity contribution is -0.137. The summed E-state index contributed by atoms with van der Waals surface area (Å²) in [5.41, 5.74) is 4.76. The van der Waals surface area contributed by atoms with Crippen molar-refractivity contribution in [2.45, 2.75) is 26.1 Å². The SMILES string of the molecule is CC(C)N(C)CC(=O)Nc1ccc(C(F)(F)F)cc1N. The number of benzene rings is 1. The van der Waals surface area contributed by atoms with Gasteiger partial charge in [0.15, 0.2) is 0 Å². The smallest absolute Gasteiger partial charge is 0.397 e. The molecule has 0 unspecified atom stereocenters. The molecule has 1 rings (SSSR count).